The van der Waals surface area contributed by atoms with Gasteiger partial charge >= 0.3 is 0 Å². The van der Waals surface area contributed by atoms with E-state index in [0.29, 0.717) is 6.42 Å². The Morgan fingerprint density at radius 3 is 1.34 bits per heavy atom. The fourth-order valence-corrected chi connectivity index (χ4v) is 4.65. The highest BCUT2D eigenvalue weighted by atomic mass is 35.5. The van der Waals surface area contributed by atoms with Crippen LogP contribution in [0.15, 0.2) is 30.3 Å². The zero-order valence-electron chi connectivity index (χ0n) is 23.8. The average Bonchev–Trinajstić information content (AvgIpc) is 2.86. The summed E-state index contributed by atoms with van der Waals surface area (Å²) in [6.07, 6.45) is 20.9. The summed E-state index contributed by atoms with van der Waals surface area (Å²) in [5.41, 5.74) is 6.56. The van der Waals surface area contributed by atoms with E-state index in [0.717, 1.165) is 6.42 Å². The van der Waals surface area contributed by atoms with Gasteiger partial charge in [-0.3, -0.25) is 4.79 Å². The average molecular weight is 511 g/mol. The van der Waals surface area contributed by atoms with Crippen molar-refractivity contribution in [3.63, 3.8) is 0 Å². The van der Waals surface area contributed by atoms with Crippen LogP contribution >= 0.6 is 0 Å². The monoisotopic (exact) mass is 510 g/mol. The van der Waals surface area contributed by atoms with Crippen LogP contribution in [0.5, 0.6) is 0 Å². The van der Waals surface area contributed by atoms with Gasteiger partial charge in [0, 0.05) is 12.0 Å². The number of benzene rings is 1. The molecule has 1 aromatic rings. The fraction of sp³-hybridized carbons (Fsp3) is 0.774. The molecule has 0 spiro atoms. The van der Waals surface area contributed by atoms with Crippen molar-refractivity contribution in [1.29, 1.82) is 0 Å². The molecular weight excluding hydrogens is 452 g/mol. The van der Waals surface area contributed by atoms with Crippen molar-refractivity contribution >= 4 is 5.91 Å². The SMILES string of the molecule is CCCCCCCCCCCCCCCCCC(N)=O.CC[N+](CC)(CC)Cc1ccccc1.[Cl-]. The normalized spacial score (nSPS) is 10.9. The zero-order chi connectivity index (χ0) is 25.3. The van der Waals surface area contributed by atoms with Crippen LogP contribution in [0.25, 0.3) is 0 Å². The first-order valence-electron chi connectivity index (χ1n) is 14.7. The number of nitrogens with zero attached hydrogens (tertiary/aromatic N) is 1. The second-order valence-electron chi connectivity index (χ2n) is 10.1. The highest BCUT2D eigenvalue weighted by molar-refractivity contribution is 5.73. The van der Waals surface area contributed by atoms with Gasteiger partial charge in [0.25, 0.3) is 0 Å². The summed E-state index contributed by atoms with van der Waals surface area (Å²) in [6, 6.07) is 10.8. The lowest BCUT2D eigenvalue weighted by atomic mass is 10.0. The molecule has 2 N–H and O–H groups in total. The largest absolute Gasteiger partial charge is 1.00 e. The molecule has 0 aliphatic carbocycles. The molecule has 0 saturated heterocycles. The highest BCUT2D eigenvalue weighted by Gasteiger charge is 2.20. The minimum Gasteiger partial charge on any atom is -1.00 e. The van der Waals surface area contributed by atoms with Gasteiger partial charge in [0.2, 0.25) is 5.91 Å². The quantitative estimate of drug-likeness (QED) is 0.165. The van der Waals surface area contributed by atoms with Gasteiger partial charge < -0.3 is 22.6 Å². The molecule has 0 unspecified atom stereocenters. The Labute approximate surface area is 225 Å². The van der Waals surface area contributed by atoms with Crippen molar-refractivity contribution in [3.8, 4) is 0 Å². The number of amides is 1. The van der Waals surface area contributed by atoms with Gasteiger partial charge in [0.15, 0.2) is 0 Å². The molecule has 0 heterocycles. The Bertz CT molecular complexity index is 552. The smallest absolute Gasteiger partial charge is 0.217 e. The fourth-order valence-electron chi connectivity index (χ4n) is 4.65. The maximum Gasteiger partial charge on any atom is 0.217 e. The second kappa shape index (κ2) is 26.0. The van der Waals surface area contributed by atoms with Crippen LogP contribution in [-0.2, 0) is 11.3 Å². The third kappa shape index (κ3) is 21.9. The van der Waals surface area contributed by atoms with Crippen LogP contribution in [0.1, 0.15) is 136 Å². The molecule has 4 heteroatoms. The minimum atomic E-state index is -0.153. The standard InChI is InChI=1S/C18H37NO.C13H22N.ClH/c1-2-3-4-5-6-7-8-9-10-11-12-13-14-15-16-17-18(19)20;1-4-14(5-2,6-3)12-13-10-8-7-9-11-13;/h2-17H2,1H3,(H2,19,20);7-11H,4-6,12H2,1-3H3;1H/q;+1;/p-1. The number of quaternary nitrogens is 1. The third-order valence-electron chi connectivity index (χ3n) is 7.40. The topological polar surface area (TPSA) is 43.1 Å². The number of primary amides is 1. The molecule has 0 atom stereocenters. The molecule has 0 aliphatic heterocycles. The van der Waals surface area contributed by atoms with E-state index in [-0.39, 0.29) is 18.3 Å². The van der Waals surface area contributed by atoms with Crippen LogP contribution in [-0.4, -0.2) is 30.0 Å². The summed E-state index contributed by atoms with van der Waals surface area (Å²) in [4.78, 5) is 10.6. The van der Waals surface area contributed by atoms with Crippen LogP contribution in [0.4, 0.5) is 0 Å². The van der Waals surface area contributed by atoms with Crippen LogP contribution in [0.3, 0.4) is 0 Å². The lowest BCUT2D eigenvalue weighted by Crippen LogP contribution is -3.00. The number of nitrogens with two attached hydrogens (primary N) is 1. The number of carbonyl (C=O) groups is 1. The minimum absolute atomic E-state index is 0. The van der Waals surface area contributed by atoms with E-state index in [9.17, 15) is 4.79 Å². The van der Waals surface area contributed by atoms with Crippen molar-refractivity contribution in [3.05, 3.63) is 35.9 Å². The van der Waals surface area contributed by atoms with Crippen LogP contribution in [0, 0.1) is 0 Å². The van der Waals surface area contributed by atoms with Gasteiger partial charge in [-0.2, -0.15) is 0 Å². The number of hydrogen-bond donors (Lipinski definition) is 1. The van der Waals surface area contributed by atoms with Crippen molar-refractivity contribution in [1.82, 2.24) is 0 Å². The molecule has 206 valence electrons. The predicted molar refractivity (Wildman–Crippen MR) is 151 cm³/mol. The molecule has 0 fully saturated rings. The Morgan fingerprint density at radius 1 is 0.629 bits per heavy atom. The highest BCUT2D eigenvalue weighted by Crippen LogP contribution is 2.14. The predicted octanol–water partition coefficient (Wildman–Crippen LogP) is 5.80. The number of halogens is 1. The summed E-state index contributed by atoms with van der Waals surface area (Å²) in [7, 11) is 0. The van der Waals surface area contributed by atoms with E-state index < -0.39 is 0 Å². The van der Waals surface area contributed by atoms with E-state index in [4.69, 9.17) is 5.73 Å². The Hall–Kier alpha value is -1.06. The summed E-state index contributed by atoms with van der Waals surface area (Å²) in [5.74, 6) is -0.153. The van der Waals surface area contributed by atoms with Crippen molar-refractivity contribution in [2.45, 2.75) is 137 Å². The molecule has 0 aromatic heterocycles. The lowest BCUT2D eigenvalue weighted by Gasteiger charge is -2.35. The summed E-state index contributed by atoms with van der Waals surface area (Å²) in [6.45, 7) is 14.0. The molecule has 0 saturated carbocycles. The lowest BCUT2D eigenvalue weighted by molar-refractivity contribution is -0.936. The number of hydrogen-bond acceptors (Lipinski definition) is 1. The van der Waals surface area contributed by atoms with Gasteiger partial charge in [0.1, 0.15) is 6.54 Å². The Balaban J connectivity index is 0. The summed E-state index contributed by atoms with van der Waals surface area (Å²) >= 11 is 0. The van der Waals surface area contributed by atoms with Crippen molar-refractivity contribution < 1.29 is 21.7 Å². The molecule has 3 nitrogen and oxygen atoms in total. The van der Waals surface area contributed by atoms with E-state index in [1.165, 1.54) is 126 Å². The van der Waals surface area contributed by atoms with Gasteiger partial charge in [-0.1, -0.05) is 127 Å². The molecule has 1 amide bonds. The maximum atomic E-state index is 10.6. The molecular formula is C31H59ClN2O. The molecule has 0 radical (unpaired) electrons. The summed E-state index contributed by atoms with van der Waals surface area (Å²) in [5, 5.41) is 0. The van der Waals surface area contributed by atoms with Gasteiger partial charge in [-0.25, -0.2) is 0 Å². The van der Waals surface area contributed by atoms with E-state index in [1.54, 1.807) is 0 Å². The Morgan fingerprint density at radius 2 is 1.00 bits per heavy atom. The zero-order valence-corrected chi connectivity index (χ0v) is 24.6. The van der Waals surface area contributed by atoms with E-state index >= 15 is 0 Å². The van der Waals surface area contributed by atoms with Crippen LogP contribution in [0.2, 0.25) is 0 Å². The van der Waals surface area contributed by atoms with Gasteiger partial charge in [-0.05, 0) is 27.2 Å². The first-order chi connectivity index (χ1) is 16.5. The van der Waals surface area contributed by atoms with Gasteiger partial charge in [0.05, 0.1) is 19.6 Å². The number of unbranched alkanes of at least 4 members (excludes halogenated alkanes) is 14. The maximum absolute atomic E-state index is 10.6. The van der Waals surface area contributed by atoms with Crippen molar-refractivity contribution in [2.75, 3.05) is 19.6 Å². The molecule has 0 bridgehead atoms. The summed E-state index contributed by atoms with van der Waals surface area (Å²) < 4.78 is 1.20. The van der Waals surface area contributed by atoms with E-state index in [2.05, 4.69) is 58.0 Å². The Kier molecular flexibility index (Phi) is 26.8. The van der Waals surface area contributed by atoms with E-state index in [1.807, 2.05) is 0 Å². The molecule has 1 aromatic carbocycles. The first-order valence-corrected chi connectivity index (χ1v) is 14.7. The third-order valence-corrected chi connectivity index (χ3v) is 7.40. The molecule has 1 rings (SSSR count). The molecule has 0 aliphatic rings. The molecule has 35 heavy (non-hydrogen) atoms. The number of carbonyl (C=O) groups excluding carboxylic acids is 1. The number of rotatable bonds is 21. The van der Waals surface area contributed by atoms with Gasteiger partial charge in [-0.15, -0.1) is 0 Å². The first kappa shape index (κ1) is 36.1. The van der Waals surface area contributed by atoms with Crippen molar-refractivity contribution in [2.24, 2.45) is 5.73 Å². The van der Waals surface area contributed by atoms with Crippen LogP contribution < -0.4 is 18.1 Å². The second-order valence-corrected chi connectivity index (χ2v) is 10.1.